The van der Waals surface area contributed by atoms with Crippen LogP contribution < -0.4 is 10.1 Å². The van der Waals surface area contributed by atoms with Crippen molar-refractivity contribution in [2.45, 2.75) is 39.0 Å². The van der Waals surface area contributed by atoms with Gasteiger partial charge in [0.1, 0.15) is 11.9 Å². The van der Waals surface area contributed by atoms with E-state index in [-0.39, 0.29) is 11.6 Å². The van der Waals surface area contributed by atoms with Gasteiger partial charge in [0.25, 0.3) is 0 Å². The van der Waals surface area contributed by atoms with Crippen LogP contribution in [0.4, 0.5) is 0 Å². The average Bonchev–Trinajstić information content (AvgIpc) is 2.36. The molecule has 1 rings (SSSR count). The summed E-state index contributed by atoms with van der Waals surface area (Å²) in [6.45, 7) is 8.29. The molecule has 0 aliphatic rings. The maximum Gasteiger partial charge on any atom is 0.134 e. The van der Waals surface area contributed by atoms with Gasteiger partial charge in [0.05, 0.1) is 13.2 Å². The minimum absolute atomic E-state index is 0.0166. The summed E-state index contributed by atoms with van der Waals surface area (Å²) in [6, 6.07) is 7.96. The maximum atomic E-state index is 5.99. The Morgan fingerprint density at radius 2 is 1.90 bits per heavy atom. The van der Waals surface area contributed by atoms with Gasteiger partial charge in [-0.3, -0.25) is 0 Å². The molecule has 0 aliphatic carbocycles. The number of rotatable bonds is 8. The molecule has 1 aromatic rings. The van der Waals surface area contributed by atoms with E-state index < -0.39 is 0 Å². The van der Waals surface area contributed by atoms with E-state index in [0.29, 0.717) is 13.2 Å². The minimum Gasteiger partial charge on any atom is -0.487 e. The van der Waals surface area contributed by atoms with Crippen molar-refractivity contribution in [1.82, 2.24) is 5.32 Å². The smallest absolute Gasteiger partial charge is 0.134 e. The highest BCUT2D eigenvalue weighted by molar-refractivity contribution is 5.28. The molecule has 20 heavy (non-hydrogen) atoms. The van der Waals surface area contributed by atoms with Crippen molar-refractivity contribution in [1.29, 1.82) is 0 Å². The number of benzene rings is 1. The lowest BCUT2D eigenvalue weighted by molar-refractivity contribution is 0.0763. The zero-order valence-electron chi connectivity index (χ0n) is 13.2. The van der Waals surface area contributed by atoms with Crippen molar-refractivity contribution in [2.75, 3.05) is 27.4 Å². The zero-order chi connectivity index (χ0) is 15.0. The Bertz CT molecular complexity index is 388. The molecule has 0 bridgehead atoms. The first-order valence-electron chi connectivity index (χ1n) is 6.93. The third-order valence-corrected chi connectivity index (χ3v) is 2.72. The lowest BCUT2D eigenvalue weighted by Crippen LogP contribution is -2.44. The molecule has 1 N–H and O–H groups in total. The molecule has 1 atom stereocenters. The van der Waals surface area contributed by atoms with Gasteiger partial charge >= 0.3 is 0 Å². The Kier molecular flexibility index (Phi) is 6.99. The van der Waals surface area contributed by atoms with Crippen molar-refractivity contribution in [3.05, 3.63) is 29.8 Å². The first-order chi connectivity index (χ1) is 9.44. The Labute approximate surface area is 122 Å². The number of hydrogen-bond acceptors (Lipinski definition) is 4. The lowest BCUT2D eigenvalue weighted by atomic mass is 10.1. The fraction of sp³-hybridized carbons (Fsp3) is 0.625. The average molecular weight is 281 g/mol. The van der Waals surface area contributed by atoms with E-state index in [0.717, 1.165) is 17.9 Å². The summed E-state index contributed by atoms with van der Waals surface area (Å²) < 4.78 is 16.4. The van der Waals surface area contributed by atoms with Crippen LogP contribution >= 0.6 is 0 Å². The van der Waals surface area contributed by atoms with E-state index in [1.807, 2.05) is 24.3 Å². The normalized spacial score (nSPS) is 13.2. The van der Waals surface area contributed by atoms with Gasteiger partial charge < -0.3 is 19.5 Å². The first-order valence-corrected chi connectivity index (χ1v) is 6.93. The molecule has 1 unspecified atom stereocenters. The monoisotopic (exact) mass is 281 g/mol. The van der Waals surface area contributed by atoms with Crippen molar-refractivity contribution in [3.8, 4) is 5.75 Å². The number of methoxy groups -OCH3 is 2. The molecule has 4 nitrogen and oxygen atoms in total. The SMILES string of the molecule is COCc1cccc(OC(CNC(C)(C)C)COC)c1. The molecule has 4 heteroatoms. The van der Waals surface area contributed by atoms with Crippen molar-refractivity contribution in [3.63, 3.8) is 0 Å². The van der Waals surface area contributed by atoms with Crippen LogP contribution in [0.1, 0.15) is 26.3 Å². The summed E-state index contributed by atoms with van der Waals surface area (Å²) in [4.78, 5) is 0. The summed E-state index contributed by atoms with van der Waals surface area (Å²) in [6.07, 6.45) is -0.0166. The van der Waals surface area contributed by atoms with Gasteiger partial charge in [-0.15, -0.1) is 0 Å². The summed E-state index contributed by atoms with van der Waals surface area (Å²) in [5, 5.41) is 3.44. The van der Waals surface area contributed by atoms with Crippen LogP contribution in [-0.2, 0) is 16.1 Å². The van der Waals surface area contributed by atoms with Crippen LogP contribution in [0.25, 0.3) is 0 Å². The summed E-state index contributed by atoms with van der Waals surface area (Å²) in [5.74, 6) is 0.845. The topological polar surface area (TPSA) is 39.7 Å². The van der Waals surface area contributed by atoms with Gasteiger partial charge in [0, 0.05) is 26.3 Å². The molecule has 0 saturated carbocycles. The Balaban J connectivity index is 2.62. The quantitative estimate of drug-likeness (QED) is 0.795. The first kappa shape index (κ1) is 17.0. The number of nitrogens with one attached hydrogen (secondary N) is 1. The number of ether oxygens (including phenoxy) is 3. The van der Waals surface area contributed by atoms with Gasteiger partial charge in [0.2, 0.25) is 0 Å². The molecule has 0 heterocycles. The predicted octanol–water partition coefficient (Wildman–Crippen LogP) is 2.61. The minimum atomic E-state index is -0.0166. The van der Waals surface area contributed by atoms with E-state index in [1.54, 1.807) is 14.2 Å². The third kappa shape index (κ3) is 6.89. The second-order valence-electron chi connectivity index (χ2n) is 5.91. The third-order valence-electron chi connectivity index (χ3n) is 2.72. The van der Waals surface area contributed by atoms with E-state index in [9.17, 15) is 0 Å². The van der Waals surface area contributed by atoms with E-state index in [1.165, 1.54) is 0 Å². The predicted molar refractivity (Wildman–Crippen MR) is 81.2 cm³/mol. The largest absolute Gasteiger partial charge is 0.487 e. The molecule has 0 aliphatic heterocycles. The molecular formula is C16H27NO3. The molecule has 0 fully saturated rings. The highest BCUT2D eigenvalue weighted by Gasteiger charge is 2.15. The standard InChI is InChI=1S/C16H27NO3/c1-16(2,3)17-10-15(12-19-5)20-14-8-6-7-13(9-14)11-18-4/h6-9,15,17H,10-12H2,1-5H3. The van der Waals surface area contributed by atoms with Crippen LogP contribution in [0.3, 0.4) is 0 Å². The van der Waals surface area contributed by atoms with E-state index in [2.05, 4.69) is 26.1 Å². The second kappa shape index (κ2) is 8.25. The van der Waals surface area contributed by atoms with Gasteiger partial charge in [-0.2, -0.15) is 0 Å². The van der Waals surface area contributed by atoms with Crippen LogP contribution in [-0.4, -0.2) is 39.0 Å². The summed E-state index contributed by atoms with van der Waals surface area (Å²) >= 11 is 0. The lowest BCUT2D eigenvalue weighted by Gasteiger charge is -2.25. The number of hydrogen-bond donors (Lipinski definition) is 1. The molecule has 0 amide bonds. The van der Waals surface area contributed by atoms with Crippen LogP contribution in [0.5, 0.6) is 5.75 Å². The van der Waals surface area contributed by atoms with Crippen molar-refractivity contribution < 1.29 is 14.2 Å². The van der Waals surface area contributed by atoms with Crippen molar-refractivity contribution in [2.24, 2.45) is 0 Å². The van der Waals surface area contributed by atoms with Gasteiger partial charge in [-0.1, -0.05) is 12.1 Å². The molecule has 0 radical (unpaired) electrons. The molecule has 114 valence electrons. The van der Waals surface area contributed by atoms with E-state index >= 15 is 0 Å². The second-order valence-corrected chi connectivity index (χ2v) is 5.91. The Morgan fingerprint density at radius 3 is 2.50 bits per heavy atom. The maximum absolute atomic E-state index is 5.99. The Morgan fingerprint density at radius 1 is 1.15 bits per heavy atom. The molecule has 1 aromatic carbocycles. The molecule has 0 saturated heterocycles. The highest BCUT2D eigenvalue weighted by atomic mass is 16.5. The molecule has 0 aromatic heterocycles. The van der Waals surface area contributed by atoms with Crippen LogP contribution in [0.15, 0.2) is 24.3 Å². The van der Waals surface area contributed by atoms with Gasteiger partial charge in [-0.25, -0.2) is 0 Å². The summed E-state index contributed by atoms with van der Waals surface area (Å²) in [7, 11) is 3.38. The van der Waals surface area contributed by atoms with Gasteiger partial charge in [0.15, 0.2) is 0 Å². The summed E-state index contributed by atoms with van der Waals surface area (Å²) in [5.41, 5.74) is 1.16. The van der Waals surface area contributed by atoms with Crippen molar-refractivity contribution >= 4 is 0 Å². The molecular weight excluding hydrogens is 254 g/mol. The highest BCUT2D eigenvalue weighted by Crippen LogP contribution is 2.16. The van der Waals surface area contributed by atoms with Crippen LogP contribution in [0.2, 0.25) is 0 Å². The fourth-order valence-corrected chi connectivity index (χ4v) is 1.81. The van der Waals surface area contributed by atoms with E-state index in [4.69, 9.17) is 14.2 Å². The molecule has 0 spiro atoms. The van der Waals surface area contributed by atoms with Crippen LogP contribution in [0, 0.1) is 0 Å². The fourth-order valence-electron chi connectivity index (χ4n) is 1.81. The van der Waals surface area contributed by atoms with Gasteiger partial charge in [-0.05, 0) is 38.5 Å². The zero-order valence-corrected chi connectivity index (χ0v) is 13.2. The Hall–Kier alpha value is -1.10.